The van der Waals surface area contributed by atoms with Crippen LogP contribution in [0.15, 0.2) is 54.9 Å². The lowest BCUT2D eigenvalue weighted by molar-refractivity contribution is 0.638. The first-order valence-corrected chi connectivity index (χ1v) is 8.47. The topological polar surface area (TPSA) is 66.5 Å². The number of aromatic nitrogens is 4. The molecule has 5 rings (SSSR count). The van der Waals surface area contributed by atoms with Crippen molar-refractivity contribution < 1.29 is 0 Å². The molecule has 4 heterocycles. The Kier molecular flexibility index (Phi) is 3.31. The first-order valence-electron chi connectivity index (χ1n) is 8.47. The number of hydrogen-bond donors (Lipinski definition) is 2. The average Bonchev–Trinajstić information content (AvgIpc) is 3.12. The number of pyridine rings is 1. The Morgan fingerprint density at radius 2 is 1.96 bits per heavy atom. The summed E-state index contributed by atoms with van der Waals surface area (Å²) in [5.41, 5.74) is 6.50. The van der Waals surface area contributed by atoms with Crippen molar-refractivity contribution in [1.82, 2.24) is 25.3 Å². The molecule has 5 heteroatoms. The standard InChI is InChI=1S/C20H17N5/c1-2-4-16-13(3-1)9-15(12-23-16)20-22-8-6-18(25-20)19-10-14-11-21-7-5-17(14)24-19/h1-4,6,8-10,12,21,24H,5,7,11H2. The highest BCUT2D eigenvalue weighted by Crippen LogP contribution is 2.25. The maximum atomic E-state index is 4.76. The maximum absolute atomic E-state index is 4.76. The van der Waals surface area contributed by atoms with Crippen molar-refractivity contribution in [2.24, 2.45) is 0 Å². The number of hydrogen-bond acceptors (Lipinski definition) is 4. The molecule has 0 amide bonds. The van der Waals surface area contributed by atoms with Gasteiger partial charge in [-0.1, -0.05) is 18.2 Å². The molecule has 5 nitrogen and oxygen atoms in total. The van der Waals surface area contributed by atoms with E-state index in [9.17, 15) is 0 Å². The quantitative estimate of drug-likeness (QED) is 0.593. The van der Waals surface area contributed by atoms with Crippen molar-refractivity contribution in [3.05, 3.63) is 66.1 Å². The van der Waals surface area contributed by atoms with Crippen molar-refractivity contribution in [2.45, 2.75) is 13.0 Å². The molecule has 4 aromatic rings. The number of aromatic amines is 1. The minimum absolute atomic E-state index is 0.696. The van der Waals surface area contributed by atoms with Gasteiger partial charge in [-0.05, 0) is 29.8 Å². The lowest BCUT2D eigenvalue weighted by Gasteiger charge is -2.11. The first-order chi connectivity index (χ1) is 12.4. The third kappa shape index (κ3) is 2.58. The van der Waals surface area contributed by atoms with E-state index in [2.05, 4.69) is 38.5 Å². The molecule has 0 saturated carbocycles. The van der Waals surface area contributed by atoms with Crippen LogP contribution in [0.5, 0.6) is 0 Å². The third-order valence-electron chi connectivity index (χ3n) is 4.64. The minimum Gasteiger partial charge on any atom is -0.357 e. The van der Waals surface area contributed by atoms with Crippen LogP contribution in [0, 0.1) is 0 Å². The van der Waals surface area contributed by atoms with Crippen LogP contribution < -0.4 is 5.32 Å². The lowest BCUT2D eigenvalue weighted by Crippen LogP contribution is -2.22. The molecule has 1 aromatic carbocycles. The van der Waals surface area contributed by atoms with Crippen LogP contribution in [0.25, 0.3) is 33.7 Å². The summed E-state index contributed by atoms with van der Waals surface area (Å²) in [5.74, 6) is 0.696. The van der Waals surface area contributed by atoms with Crippen LogP contribution in [0.1, 0.15) is 11.3 Å². The Bertz CT molecular complexity index is 1040. The largest absolute Gasteiger partial charge is 0.357 e. The van der Waals surface area contributed by atoms with E-state index in [0.29, 0.717) is 5.82 Å². The molecular formula is C20H17N5. The summed E-state index contributed by atoms with van der Waals surface area (Å²) >= 11 is 0. The van der Waals surface area contributed by atoms with E-state index in [-0.39, 0.29) is 0 Å². The summed E-state index contributed by atoms with van der Waals surface area (Å²) in [5, 5.41) is 4.49. The van der Waals surface area contributed by atoms with Crippen molar-refractivity contribution in [3.8, 4) is 22.8 Å². The number of para-hydroxylation sites is 1. The Balaban J connectivity index is 1.56. The molecule has 0 radical (unpaired) electrons. The van der Waals surface area contributed by atoms with Gasteiger partial charge in [-0.2, -0.15) is 0 Å². The molecule has 0 aliphatic carbocycles. The maximum Gasteiger partial charge on any atom is 0.161 e. The smallest absolute Gasteiger partial charge is 0.161 e. The molecule has 122 valence electrons. The highest BCUT2D eigenvalue weighted by molar-refractivity contribution is 5.82. The average molecular weight is 327 g/mol. The van der Waals surface area contributed by atoms with Gasteiger partial charge in [0.2, 0.25) is 0 Å². The van der Waals surface area contributed by atoms with Crippen molar-refractivity contribution in [2.75, 3.05) is 6.54 Å². The Morgan fingerprint density at radius 3 is 2.92 bits per heavy atom. The molecule has 0 saturated heterocycles. The Morgan fingerprint density at radius 1 is 1.00 bits per heavy atom. The second-order valence-corrected chi connectivity index (χ2v) is 6.30. The zero-order valence-corrected chi connectivity index (χ0v) is 13.7. The number of H-pyrrole nitrogens is 1. The Labute approximate surface area is 145 Å². The summed E-state index contributed by atoms with van der Waals surface area (Å²) < 4.78 is 0. The lowest BCUT2D eigenvalue weighted by atomic mass is 10.1. The van der Waals surface area contributed by atoms with Crippen molar-refractivity contribution in [1.29, 1.82) is 0 Å². The summed E-state index contributed by atoms with van der Waals surface area (Å²) in [6, 6.07) is 14.3. The zero-order valence-electron chi connectivity index (χ0n) is 13.7. The minimum atomic E-state index is 0.696. The third-order valence-corrected chi connectivity index (χ3v) is 4.64. The monoisotopic (exact) mass is 327 g/mol. The van der Waals surface area contributed by atoms with Crippen LogP contribution in [-0.4, -0.2) is 26.5 Å². The Hall–Kier alpha value is -3.05. The van der Waals surface area contributed by atoms with Crippen LogP contribution in [0.3, 0.4) is 0 Å². The van der Waals surface area contributed by atoms with Gasteiger partial charge in [0.05, 0.1) is 16.9 Å². The molecule has 0 bridgehead atoms. The molecule has 25 heavy (non-hydrogen) atoms. The van der Waals surface area contributed by atoms with Crippen LogP contribution in [0.2, 0.25) is 0 Å². The van der Waals surface area contributed by atoms with Gasteiger partial charge >= 0.3 is 0 Å². The van der Waals surface area contributed by atoms with Crippen LogP contribution in [-0.2, 0) is 13.0 Å². The van der Waals surface area contributed by atoms with Gasteiger partial charge in [-0.15, -0.1) is 0 Å². The van der Waals surface area contributed by atoms with E-state index in [1.807, 2.05) is 36.7 Å². The van der Waals surface area contributed by atoms with Gasteiger partial charge in [0.15, 0.2) is 5.82 Å². The number of fused-ring (bicyclic) bond motifs is 2. The highest BCUT2D eigenvalue weighted by atomic mass is 14.9. The van der Waals surface area contributed by atoms with Crippen LogP contribution in [0.4, 0.5) is 0 Å². The SMILES string of the molecule is c1ccc2ncc(-c3nccc(-c4cc5c([nH]4)CCNC5)n3)cc2c1. The van der Waals surface area contributed by atoms with Crippen molar-refractivity contribution >= 4 is 10.9 Å². The predicted molar refractivity (Wildman–Crippen MR) is 98.0 cm³/mol. The predicted octanol–water partition coefficient (Wildman–Crippen LogP) is 3.33. The van der Waals surface area contributed by atoms with Gasteiger partial charge < -0.3 is 10.3 Å². The molecule has 0 atom stereocenters. The first kappa shape index (κ1) is 14.3. The summed E-state index contributed by atoms with van der Waals surface area (Å²) in [6.45, 7) is 1.93. The molecule has 0 unspecified atom stereocenters. The second kappa shape index (κ2) is 5.79. The van der Waals surface area contributed by atoms with E-state index in [0.717, 1.165) is 47.4 Å². The second-order valence-electron chi connectivity index (χ2n) is 6.30. The summed E-state index contributed by atoms with van der Waals surface area (Å²) in [6.07, 6.45) is 4.68. The highest BCUT2D eigenvalue weighted by Gasteiger charge is 2.14. The van der Waals surface area contributed by atoms with Gasteiger partial charge in [-0.25, -0.2) is 9.97 Å². The van der Waals surface area contributed by atoms with E-state index in [1.54, 1.807) is 0 Å². The van der Waals surface area contributed by atoms with Gasteiger partial charge in [0.1, 0.15) is 0 Å². The van der Waals surface area contributed by atoms with Gasteiger partial charge in [0, 0.05) is 48.5 Å². The molecule has 1 aliphatic heterocycles. The van der Waals surface area contributed by atoms with Crippen molar-refractivity contribution in [3.63, 3.8) is 0 Å². The fourth-order valence-electron chi connectivity index (χ4n) is 3.34. The molecular weight excluding hydrogens is 310 g/mol. The number of benzene rings is 1. The molecule has 0 fully saturated rings. The zero-order chi connectivity index (χ0) is 16.6. The van der Waals surface area contributed by atoms with Gasteiger partial charge in [0.25, 0.3) is 0 Å². The fourth-order valence-corrected chi connectivity index (χ4v) is 3.34. The molecule has 3 aromatic heterocycles. The summed E-state index contributed by atoms with van der Waals surface area (Å²) in [7, 11) is 0. The molecule has 1 aliphatic rings. The normalized spacial score (nSPS) is 13.8. The fraction of sp³-hybridized carbons (Fsp3) is 0.150. The molecule has 2 N–H and O–H groups in total. The number of rotatable bonds is 2. The van der Waals surface area contributed by atoms with E-state index in [1.165, 1.54) is 11.3 Å². The number of nitrogens with zero attached hydrogens (tertiary/aromatic N) is 3. The van der Waals surface area contributed by atoms with E-state index in [4.69, 9.17) is 4.98 Å². The van der Waals surface area contributed by atoms with E-state index < -0.39 is 0 Å². The summed E-state index contributed by atoms with van der Waals surface area (Å²) in [4.78, 5) is 17.2. The number of nitrogens with one attached hydrogen (secondary N) is 2. The van der Waals surface area contributed by atoms with Crippen LogP contribution >= 0.6 is 0 Å². The van der Waals surface area contributed by atoms with E-state index >= 15 is 0 Å². The van der Waals surface area contributed by atoms with Gasteiger partial charge in [-0.3, -0.25) is 4.98 Å². The molecule has 0 spiro atoms.